The molecule has 0 unspecified atom stereocenters. The summed E-state index contributed by atoms with van der Waals surface area (Å²) in [7, 11) is -3.01. The molecule has 0 bridgehead atoms. The molecule has 0 spiro atoms. The first-order chi connectivity index (χ1) is 11.1. The van der Waals surface area contributed by atoms with Gasteiger partial charge in [-0.25, -0.2) is 8.42 Å². The highest BCUT2D eigenvalue weighted by atomic mass is 32.2. The quantitative estimate of drug-likeness (QED) is 0.625. The van der Waals surface area contributed by atoms with Crippen LogP contribution in [-0.2, 0) is 16.4 Å². The van der Waals surface area contributed by atoms with E-state index < -0.39 is 15.1 Å². The first-order valence-corrected chi connectivity index (χ1v) is 9.49. The van der Waals surface area contributed by atoms with Crippen molar-refractivity contribution in [3.05, 3.63) is 66.2 Å². The molecule has 23 heavy (non-hydrogen) atoms. The molecule has 4 nitrogen and oxygen atoms in total. The Balaban J connectivity index is 1.84. The summed E-state index contributed by atoms with van der Waals surface area (Å²) in [5, 5.41) is 5.89. The normalized spacial score (nSPS) is 19.9. The molecular formula is C18H20N2O2S. The minimum absolute atomic E-state index is 0.272. The fourth-order valence-corrected chi connectivity index (χ4v) is 4.33. The smallest absolute Gasteiger partial charge is 0.158 e. The van der Waals surface area contributed by atoms with E-state index in [9.17, 15) is 8.42 Å². The molecule has 0 amide bonds. The van der Waals surface area contributed by atoms with Gasteiger partial charge in [-0.3, -0.25) is 5.01 Å². The van der Waals surface area contributed by atoms with Gasteiger partial charge in [-0.1, -0.05) is 48.5 Å². The lowest BCUT2D eigenvalue weighted by molar-refractivity contribution is 0.599. The van der Waals surface area contributed by atoms with E-state index in [1.807, 2.05) is 65.7 Å². The minimum atomic E-state index is -3.01. The largest absolute Gasteiger partial charge is 0.261 e. The van der Waals surface area contributed by atoms with Crippen LogP contribution in [0.2, 0.25) is 0 Å². The Kier molecular flexibility index (Phi) is 4.76. The predicted molar refractivity (Wildman–Crippen MR) is 94.4 cm³/mol. The van der Waals surface area contributed by atoms with E-state index in [4.69, 9.17) is 0 Å². The Bertz CT molecular complexity index is 758. The van der Waals surface area contributed by atoms with Gasteiger partial charge >= 0.3 is 0 Å². The summed E-state index contributed by atoms with van der Waals surface area (Å²) in [4.78, 5) is 0. The van der Waals surface area contributed by atoms with Crippen molar-refractivity contribution in [3.8, 4) is 0 Å². The van der Waals surface area contributed by atoms with Crippen LogP contribution in [-0.4, -0.2) is 25.6 Å². The van der Waals surface area contributed by atoms with Gasteiger partial charge in [-0.15, -0.1) is 0 Å². The van der Waals surface area contributed by atoms with E-state index in [0.29, 0.717) is 13.0 Å². The number of anilines is 1. The number of hydrazone groups is 1. The van der Waals surface area contributed by atoms with Crippen LogP contribution in [0, 0.1) is 0 Å². The molecule has 3 rings (SSSR count). The molecular weight excluding hydrogens is 308 g/mol. The highest BCUT2D eigenvalue weighted by molar-refractivity contribution is 7.92. The van der Waals surface area contributed by atoms with Gasteiger partial charge in [0.15, 0.2) is 9.84 Å². The molecule has 0 saturated carbocycles. The van der Waals surface area contributed by atoms with Crippen LogP contribution in [0.3, 0.4) is 0 Å². The summed E-state index contributed by atoms with van der Waals surface area (Å²) in [6.07, 6.45) is 2.99. The van der Waals surface area contributed by atoms with Gasteiger partial charge in [-0.05, 0) is 30.5 Å². The average Bonchev–Trinajstić information content (AvgIpc) is 2.92. The highest BCUT2D eigenvalue weighted by Gasteiger charge is 2.29. The number of sulfone groups is 1. The molecule has 0 aromatic heterocycles. The maximum Gasteiger partial charge on any atom is 0.158 e. The summed E-state index contributed by atoms with van der Waals surface area (Å²) in [5.41, 5.74) is 2.07. The lowest BCUT2D eigenvalue weighted by Crippen LogP contribution is -2.22. The summed E-state index contributed by atoms with van der Waals surface area (Å²) in [6, 6.07) is 19.8. The van der Waals surface area contributed by atoms with E-state index in [-0.39, 0.29) is 5.75 Å². The molecule has 2 aromatic carbocycles. The van der Waals surface area contributed by atoms with Crippen LogP contribution in [0.25, 0.3) is 0 Å². The van der Waals surface area contributed by atoms with Crippen LogP contribution in [0.15, 0.2) is 65.8 Å². The third-order valence-corrected chi connectivity index (χ3v) is 6.12. The van der Waals surface area contributed by atoms with Crippen molar-refractivity contribution in [1.29, 1.82) is 0 Å². The van der Waals surface area contributed by atoms with E-state index in [2.05, 4.69) is 5.10 Å². The van der Waals surface area contributed by atoms with Gasteiger partial charge in [0.25, 0.3) is 0 Å². The van der Waals surface area contributed by atoms with E-state index in [1.165, 1.54) is 0 Å². The molecule has 1 heterocycles. The maximum atomic E-state index is 12.0. The van der Waals surface area contributed by atoms with Crippen LogP contribution < -0.4 is 5.01 Å². The van der Waals surface area contributed by atoms with Crippen molar-refractivity contribution < 1.29 is 8.42 Å². The minimum Gasteiger partial charge on any atom is -0.261 e. The second-order valence-corrected chi connectivity index (χ2v) is 8.03. The van der Waals surface area contributed by atoms with Crippen LogP contribution >= 0.6 is 0 Å². The molecule has 0 radical (unpaired) electrons. The van der Waals surface area contributed by atoms with Crippen molar-refractivity contribution in [3.63, 3.8) is 0 Å². The Morgan fingerprint density at radius 1 is 1.04 bits per heavy atom. The van der Waals surface area contributed by atoms with Gasteiger partial charge in [-0.2, -0.15) is 5.10 Å². The number of rotatable bonds is 5. The van der Waals surface area contributed by atoms with E-state index in [1.54, 1.807) is 6.21 Å². The van der Waals surface area contributed by atoms with E-state index >= 15 is 0 Å². The predicted octanol–water partition coefficient (Wildman–Crippen LogP) is 3.26. The molecule has 1 aliphatic heterocycles. The lowest BCUT2D eigenvalue weighted by Gasteiger charge is -2.20. The zero-order valence-corrected chi connectivity index (χ0v) is 13.7. The highest BCUT2D eigenvalue weighted by Crippen LogP contribution is 2.21. The standard InChI is InChI=1S/C18H20N2O2S/c21-23(22)13-7-12-18(23)14-19-20(17-10-5-2-6-11-17)15-16-8-3-1-4-9-16/h1-6,8-11,14,18H,7,12-13,15H2/b19-14-/t18-/m1/s1. The molecule has 1 fully saturated rings. The molecule has 1 aliphatic rings. The monoisotopic (exact) mass is 328 g/mol. The van der Waals surface area contributed by atoms with Crippen molar-refractivity contribution in [2.45, 2.75) is 24.6 Å². The van der Waals surface area contributed by atoms with Crippen molar-refractivity contribution in [2.75, 3.05) is 10.8 Å². The Morgan fingerprint density at radius 3 is 2.30 bits per heavy atom. The topological polar surface area (TPSA) is 49.7 Å². The third kappa shape index (κ3) is 3.99. The fourth-order valence-electron chi connectivity index (χ4n) is 2.69. The Morgan fingerprint density at radius 2 is 1.70 bits per heavy atom. The SMILES string of the molecule is O=S1(=O)CCC[C@@H]1/C=N\N(Cc1ccccc1)c1ccccc1. The molecule has 1 saturated heterocycles. The Labute approximate surface area is 137 Å². The van der Waals surface area contributed by atoms with Crippen LogP contribution in [0.1, 0.15) is 18.4 Å². The Hall–Kier alpha value is -2.14. The van der Waals surface area contributed by atoms with Crippen molar-refractivity contribution in [2.24, 2.45) is 5.10 Å². The second-order valence-electron chi connectivity index (χ2n) is 5.69. The van der Waals surface area contributed by atoms with Crippen molar-refractivity contribution in [1.82, 2.24) is 0 Å². The van der Waals surface area contributed by atoms with Gasteiger partial charge in [0.05, 0.1) is 23.2 Å². The van der Waals surface area contributed by atoms with Gasteiger partial charge in [0.1, 0.15) is 0 Å². The van der Waals surface area contributed by atoms with Gasteiger partial charge in [0, 0.05) is 6.21 Å². The lowest BCUT2D eigenvalue weighted by atomic mass is 10.2. The number of hydrogen-bond acceptors (Lipinski definition) is 4. The molecule has 0 aliphatic carbocycles. The average molecular weight is 328 g/mol. The summed E-state index contributed by atoms with van der Waals surface area (Å²) >= 11 is 0. The second kappa shape index (κ2) is 6.96. The van der Waals surface area contributed by atoms with Crippen LogP contribution in [0.5, 0.6) is 0 Å². The number of nitrogens with zero attached hydrogens (tertiary/aromatic N) is 2. The molecule has 1 atom stereocenters. The molecule has 0 N–H and O–H groups in total. The zero-order chi connectivity index (χ0) is 16.1. The number of para-hydroxylation sites is 1. The number of hydrogen-bond donors (Lipinski definition) is 0. The van der Waals surface area contributed by atoms with Crippen molar-refractivity contribution >= 4 is 21.7 Å². The van der Waals surface area contributed by atoms with E-state index in [0.717, 1.165) is 17.7 Å². The summed E-state index contributed by atoms with van der Waals surface area (Å²) in [5.74, 6) is 0.272. The maximum absolute atomic E-state index is 12.0. The van der Waals surface area contributed by atoms with Gasteiger partial charge < -0.3 is 0 Å². The summed E-state index contributed by atoms with van der Waals surface area (Å²) < 4.78 is 23.9. The fraction of sp³-hybridized carbons (Fsp3) is 0.278. The van der Waals surface area contributed by atoms with Gasteiger partial charge in [0.2, 0.25) is 0 Å². The molecule has 2 aromatic rings. The first-order valence-electron chi connectivity index (χ1n) is 7.77. The number of benzene rings is 2. The zero-order valence-electron chi connectivity index (χ0n) is 12.9. The third-order valence-electron chi connectivity index (χ3n) is 3.98. The molecule has 120 valence electrons. The van der Waals surface area contributed by atoms with Crippen LogP contribution in [0.4, 0.5) is 5.69 Å². The first kappa shape index (κ1) is 15.7. The molecule has 5 heteroatoms. The summed E-state index contributed by atoms with van der Waals surface area (Å²) in [6.45, 7) is 0.605.